The monoisotopic (exact) mass is 383 g/mol. The Morgan fingerprint density at radius 3 is 2.81 bits per heavy atom. The summed E-state index contributed by atoms with van der Waals surface area (Å²) in [6, 6.07) is 12.8. The molecule has 2 aromatic carbocycles. The highest BCUT2D eigenvalue weighted by Gasteiger charge is 2.32. The van der Waals surface area contributed by atoms with Gasteiger partial charge in [-0.25, -0.2) is 0 Å². The zero-order valence-corrected chi connectivity index (χ0v) is 16.2. The van der Waals surface area contributed by atoms with E-state index in [-0.39, 0.29) is 17.3 Å². The van der Waals surface area contributed by atoms with Gasteiger partial charge in [0, 0.05) is 24.8 Å². The molecule has 0 spiro atoms. The van der Waals surface area contributed by atoms with Crippen LogP contribution in [0.2, 0.25) is 0 Å². The Bertz CT molecular complexity index is 1060. The molecule has 0 unspecified atom stereocenters. The Morgan fingerprint density at radius 1 is 1.22 bits per heavy atom. The molecule has 0 bridgehead atoms. The number of amidine groups is 1. The molecular formula is C20H21N3O3S. The second-order valence-corrected chi connectivity index (χ2v) is 8.60. The Balaban J connectivity index is 1.58. The molecule has 2 heterocycles. The van der Waals surface area contributed by atoms with Crippen molar-refractivity contribution in [2.45, 2.75) is 24.7 Å². The lowest BCUT2D eigenvalue weighted by Gasteiger charge is -2.31. The normalized spacial score (nSPS) is 17.1. The van der Waals surface area contributed by atoms with E-state index in [4.69, 9.17) is 0 Å². The van der Waals surface area contributed by atoms with Crippen molar-refractivity contribution in [2.75, 3.05) is 25.0 Å². The second-order valence-electron chi connectivity index (χ2n) is 7.02. The van der Waals surface area contributed by atoms with Crippen LogP contribution in [0.25, 0.3) is 0 Å². The van der Waals surface area contributed by atoms with Crippen molar-refractivity contribution < 1.29 is 13.2 Å². The van der Waals surface area contributed by atoms with Crippen LogP contribution in [0, 0.1) is 6.92 Å². The first-order valence-electron chi connectivity index (χ1n) is 8.92. The Labute approximate surface area is 159 Å². The van der Waals surface area contributed by atoms with Crippen LogP contribution in [0.3, 0.4) is 0 Å². The van der Waals surface area contributed by atoms with E-state index in [1.54, 1.807) is 41.1 Å². The second kappa shape index (κ2) is 6.49. The lowest BCUT2D eigenvalue weighted by Crippen LogP contribution is -2.43. The molecule has 0 saturated heterocycles. The smallest absolute Gasteiger partial charge is 0.285 e. The van der Waals surface area contributed by atoms with Crippen molar-refractivity contribution >= 4 is 27.5 Å². The van der Waals surface area contributed by atoms with Gasteiger partial charge in [0.2, 0.25) is 5.91 Å². The van der Waals surface area contributed by atoms with E-state index in [0.29, 0.717) is 17.9 Å². The molecule has 6 nitrogen and oxygen atoms in total. The zero-order valence-electron chi connectivity index (χ0n) is 15.3. The fourth-order valence-corrected chi connectivity index (χ4v) is 4.96. The molecule has 0 aromatic heterocycles. The SMILES string of the molecule is Cc1ccc2c(c1)CCCN2C(=O)CN(C)C1=NS(=O)(=O)c2ccccc21. The van der Waals surface area contributed by atoms with E-state index in [1.165, 1.54) is 11.1 Å². The number of amides is 1. The van der Waals surface area contributed by atoms with Gasteiger partial charge in [-0.15, -0.1) is 4.40 Å². The van der Waals surface area contributed by atoms with Crippen LogP contribution < -0.4 is 4.90 Å². The van der Waals surface area contributed by atoms with Gasteiger partial charge in [-0.05, 0) is 43.5 Å². The van der Waals surface area contributed by atoms with Crippen LogP contribution in [0.1, 0.15) is 23.1 Å². The molecule has 0 radical (unpaired) electrons. The number of aryl methyl sites for hydroxylation is 2. The van der Waals surface area contributed by atoms with Crippen LogP contribution in [0.15, 0.2) is 51.8 Å². The van der Waals surface area contributed by atoms with Crippen molar-refractivity contribution in [3.05, 3.63) is 59.2 Å². The van der Waals surface area contributed by atoms with Crippen LogP contribution in [-0.4, -0.2) is 45.2 Å². The number of hydrogen-bond acceptors (Lipinski definition) is 4. The topological polar surface area (TPSA) is 70.1 Å². The number of sulfonamides is 1. The lowest BCUT2D eigenvalue weighted by molar-refractivity contribution is -0.118. The fraction of sp³-hybridized carbons (Fsp3) is 0.300. The van der Waals surface area contributed by atoms with Gasteiger partial charge < -0.3 is 9.80 Å². The van der Waals surface area contributed by atoms with Crippen LogP contribution in [0.4, 0.5) is 5.69 Å². The van der Waals surface area contributed by atoms with E-state index < -0.39 is 10.0 Å². The molecule has 2 aliphatic rings. The van der Waals surface area contributed by atoms with Crippen molar-refractivity contribution in [1.82, 2.24) is 4.90 Å². The average molecular weight is 383 g/mol. The highest BCUT2D eigenvalue weighted by molar-refractivity contribution is 7.90. The molecule has 0 aliphatic carbocycles. The molecule has 4 rings (SSSR count). The van der Waals surface area contributed by atoms with Crippen molar-refractivity contribution in [1.29, 1.82) is 0 Å². The summed E-state index contributed by atoms with van der Waals surface area (Å²) in [5.41, 5.74) is 3.86. The Morgan fingerprint density at radius 2 is 2.00 bits per heavy atom. The summed E-state index contributed by atoms with van der Waals surface area (Å²) in [5.74, 6) is 0.256. The first-order valence-corrected chi connectivity index (χ1v) is 10.4. The molecule has 2 aromatic rings. The summed E-state index contributed by atoms with van der Waals surface area (Å²) in [7, 11) is -1.99. The molecule has 0 saturated carbocycles. The predicted octanol–water partition coefficient (Wildman–Crippen LogP) is 2.36. The number of rotatable bonds is 2. The largest absolute Gasteiger partial charge is 0.349 e. The Hall–Kier alpha value is -2.67. The van der Waals surface area contributed by atoms with Gasteiger partial charge in [-0.2, -0.15) is 8.42 Å². The van der Waals surface area contributed by atoms with E-state index in [0.717, 1.165) is 18.5 Å². The van der Waals surface area contributed by atoms with E-state index in [1.807, 2.05) is 19.1 Å². The minimum atomic E-state index is -3.69. The van der Waals surface area contributed by atoms with Gasteiger partial charge >= 0.3 is 0 Å². The highest BCUT2D eigenvalue weighted by Crippen LogP contribution is 2.29. The average Bonchev–Trinajstić information content (AvgIpc) is 2.92. The third-order valence-electron chi connectivity index (χ3n) is 5.00. The highest BCUT2D eigenvalue weighted by atomic mass is 32.2. The van der Waals surface area contributed by atoms with E-state index >= 15 is 0 Å². The van der Waals surface area contributed by atoms with Gasteiger partial charge in [-0.3, -0.25) is 4.79 Å². The summed E-state index contributed by atoms with van der Waals surface area (Å²) in [6.45, 7) is 2.78. The number of likely N-dealkylation sites (N-methyl/N-ethyl adjacent to an activating group) is 1. The summed E-state index contributed by atoms with van der Waals surface area (Å²) >= 11 is 0. The maximum atomic E-state index is 13.0. The minimum absolute atomic E-state index is 0.0632. The number of benzene rings is 2. The first kappa shape index (κ1) is 17.7. The molecule has 1 amide bonds. The van der Waals surface area contributed by atoms with E-state index in [9.17, 15) is 13.2 Å². The molecule has 140 valence electrons. The van der Waals surface area contributed by atoms with Gasteiger partial charge in [0.05, 0.1) is 6.54 Å². The molecule has 0 fully saturated rings. The zero-order chi connectivity index (χ0) is 19.2. The third kappa shape index (κ3) is 3.12. The summed E-state index contributed by atoms with van der Waals surface area (Å²) < 4.78 is 28.4. The number of hydrogen-bond donors (Lipinski definition) is 0. The van der Waals surface area contributed by atoms with Crippen LogP contribution in [0.5, 0.6) is 0 Å². The summed E-state index contributed by atoms with van der Waals surface area (Å²) in [6.07, 6.45) is 1.89. The number of carbonyl (C=O) groups is 1. The number of fused-ring (bicyclic) bond motifs is 2. The number of nitrogens with zero attached hydrogens (tertiary/aromatic N) is 3. The van der Waals surface area contributed by atoms with E-state index in [2.05, 4.69) is 10.5 Å². The van der Waals surface area contributed by atoms with Gasteiger partial charge in [0.1, 0.15) is 4.90 Å². The van der Waals surface area contributed by atoms with Gasteiger partial charge in [-0.1, -0.05) is 29.8 Å². The third-order valence-corrected chi connectivity index (χ3v) is 6.33. The molecule has 0 atom stereocenters. The maximum absolute atomic E-state index is 13.0. The molecule has 27 heavy (non-hydrogen) atoms. The fourth-order valence-electron chi connectivity index (χ4n) is 3.71. The minimum Gasteiger partial charge on any atom is -0.349 e. The van der Waals surface area contributed by atoms with Gasteiger partial charge in [0.25, 0.3) is 10.0 Å². The van der Waals surface area contributed by atoms with Crippen molar-refractivity contribution in [3.8, 4) is 0 Å². The Kier molecular flexibility index (Phi) is 4.26. The standard InChI is InChI=1S/C20H21N3O3S/c1-14-9-10-17-15(12-14)6-5-11-23(17)19(24)13-22(2)20-16-7-3-4-8-18(16)27(25,26)21-20/h3-4,7-10,12H,5-6,11,13H2,1-2H3. The van der Waals surface area contributed by atoms with Crippen LogP contribution in [-0.2, 0) is 21.2 Å². The number of anilines is 1. The summed E-state index contributed by atoms with van der Waals surface area (Å²) in [5, 5.41) is 0. The molecular weight excluding hydrogens is 362 g/mol. The maximum Gasteiger partial charge on any atom is 0.285 e. The van der Waals surface area contributed by atoms with Crippen molar-refractivity contribution in [2.24, 2.45) is 4.40 Å². The first-order chi connectivity index (χ1) is 12.9. The predicted molar refractivity (Wildman–Crippen MR) is 105 cm³/mol. The van der Waals surface area contributed by atoms with Gasteiger partial charge in [0.15, 0.2) is 5.84 Å². The van der Waals surface area contributed by atoms with Crippen molar-refractivity contribution in [3.63, 3.8) is 0 Å². The lowest BCUT2D eigenvalue weighted by atomic mass is 9.99. The summed E-state index contributed by atoms with van der Waals surface area (Å²) in [4.78, 5) is 16.6. The number of carbonyl (C=O) groups excluding carboxylic acids is 1. The molecule has 7 heteroatoms. The van der Waals surface area contributed by atoms with Crippen LogP contribution >= 0.6 is 0 Å². The quantitative estimate of drug-likeness (QED) is 0.798. The molecule has 0 N–H and O–H groups in total. The molecule has 2 aliphatic heterocycles.